The van der Waals surface area contributed by atoms with Gasteiger partial charge in [-0.15, -0.1) is 0 Å². The van der Waals surface area contributed by atoms with Gasteiger partial charge in [0.05, 0.1) is 5.56 Å². The van der Waals surface area contributed by atoms with E-state index in [1.54, 1.807) is 13.8 Å². The highest BCUT2D eigenvalue weighted by molar-refractivity contribution is 5.75. The van der Waals surface area contributed by atoms with Crippen molar-refractivity contribution in [2.75, 3.05) is 5.32 Å². The molecule has 0 aliphatic rings. The van der Waals surface area contributed by atoms with Crippen LogP contribution in [0.1, 0.15) is 25.8 Å². The van der Waals surface area contributed by atoms with E-state index in [4.69, 9.17) is 5.73 Å². The second kappa shape index (κ2) is 4.83. The molecular formula is C11H14F3N3O. The van der Waals surface area contributed by atoms with Gasteiger partial charge in [-0.2, -0.15) is 13.2 Å². The van der Waals surface area contributed by atoms with Crippen molar-refractivity contribution in [2.24, 2.45) is 5.73 Å². The van der Waals surface area contributed by atoms with Crippen LogP contribution in [0.15, 0.2) is 18.3 Å². The first-order valence-electron chi connectivity index (χ1n) is 5.20. The smallest absolute Gasteiger partial charge is 0.370 e. The van der Waals surface area contributed by atoms with Crippen LogP contribution < -0.4 is 11.1 Å². The number of carbonyl (C=O) groups is 1. The van der Waals surface area contributed by atoms with Gasteiger partial charge in [0.1, 0.15) is 5.82 Å². The minimum atomic E-state index is -4.42. The van der Waals surface area contributed by atoms with Gasteiger partial charge in [-0.25, -0.2) is 4.98 Å². The van der Waals surface area contributed by atoms with E-state index in [1.165, 1.54) is 0 Å². The average molecular weight is 261 g/mol. The molecule has 0 radical (unpaired) electrons. The van der Waals surface area contributed by atoms with Crippen molar-refractivity contribution in [3.8, 4) is 0 Å². The number of aromatic nitrogens is 1. The summed E-state index contributed by atoms with van der Waals surface area (Å²) in [6.07, 6.45) is -3.37. The third-order valence-corrected chi connectivity index (χ3v) is 2.17. The molecule has 18 heavy (non-hydrogen) atoms. The van der Waals surface area contributed by atoms with Crippen LogP contribution in [0.5, 0.6) is 0 Å². The van der Waals surface area contributed by atoms with Gasteiger partial charge in [-0.3, -0.25) is 4.79 Å². The summed E-state index contributed by atoms with van der Waals surface area (Å²) in [7, 11) is 0. The highest BCUT2D eigenvalue weighted by Crippen LogP contribution is 2.30. The van der Waals surface area contributed by atoms with Crippen LogP contribution in [0.4, 0.5) is 19.0 Å². The van der Waals surface area contributed by atoms with Gasteiger partial charge in [0.15, 0.2) is 0 Å². The topological polar surface area (TPSA) is 68.0 Å². The molecule has 1 aromatic rings. The molecule has 0 aliphatic heterocycles. The molecule has 3 N–H and O–H groups in total. The van der Waals surface area contributed by atoms with Crippen LogP contribution in [-0.2, 0) is 11.0 Å². The average Bonchev–Trinajstić information content (AvgIpc) is 2.13. The molecule has 1 heterocycles. The van der Waals surface area contributed by atoms with E-state index in [-0.39, 0.29) is 12.2 Å². The van der Waals surface area contributed by atoms with E-state index in [0.29, 0.717) is 0 Å². The van der Waals surface area contributed by atoms with Crippen LogP contribution in [0.3, 0.4) is 0 Å². The highest BCUT2D eigenvalue weighted by atomic mass is 19.4. The van der Waals surface area contributed by atoms with E-state index in [2.05, 4.69) is 10.3 Å². The summed E-state index contributed by atoms with van der Waals surface area (Å²) in [6, 6.07) is 1.77. The summed E-state index contributed by atoms with van der Waals surface area (Å²) >= 11 is 0. The van der Waals surface area contributed by atoms with Crippen LogP contribution in [0, 0.1) is 0 Å². The summed E-state index contributed by atoms with van der Waals surface area (Å²) in [5.74, 6) is -0.490. The summed E-state index contributed by atoms with van der Waals surface area (Å²) in [5.41, 5.74) is 3.49. The maximum Gasteiger partial charge on any atom is 0.416 e. The standard InChI is InChI=1S/C11H14F3N3O/c1-10(2,6-8(15)18)17-9-5-7(3-4-16-9)11(12,13)14/h3-5H,6H2,1-2H3,(H2,15,18)(H,16,17). The number of primary amides is 1. The SMILES string of the molecule is CC(C)(CC(N)=O)Nc1cc(C(F)(F)F)ccn1. The number of rotatable bonds is 4. The van der Waals surface area contributed by atoms with Gasteiger partial charge >= 0.3 is 6.18 Å². The molecular weight excluding hydrogens is 247 g/mol. The van der Waals surface area contributed by atoms with E-state index in [0.717, 1.165) is 18.3 Å². The third kappa shape index (κ3) is 4.23. The fraction of sp³-hybridized carbons (Fsp3) is 0.455. The minimum absolute atomic E-state index is 0.00900. The number of pyridine rings is 1. The van der Waals surface area contributed by atoms with Gasteiger partial charge < -0.3 is 11.1 Å². The van der Waals surface area contributed by atoms with Gasteiger partial charge in [-0.05, 0) is 26.0 Å². The minimum Gasteiger partial charge on any atom is -0.370 e. The van der Waals surface area contributed by atoms with Crippen molar-refractivity contribution in [3.63, 3.8) is 0 Å². The summed E-state index contributed by atoms with van der Waals surface area (Å²) in [6.45, 7) is 3.30. The van der Waals surface area contributed by atoms with Crippen LogP contribution in [0.2, 0.25) is 0 Å². The van der Waals surface area contributed by atoms with Crippen molar-refractivity contribution in [1.29, 1.82) is 0 Å². The molecule has 0 atom stereocenters. The van der Waals surface area contributed by atoms with E-state index < -0.39 is 23.2 Å². The fourth-order valence-corrected chi connectivity index (χ4v) is 1.50. The van der Waals surface area contributed by atoms with Crippen LogP contribution >= 0.6 is 0 Å². The number of carbonyl (C=O) groups excluding carboxylic acids is 1. The molecule has 0 fully saturated rings. The Kier molecular flexibility index (Phi) is 3.83. The molecule has 1 rings (SSSR count). The first kappa shape index (κ1) is 14.3. The largest absolute Gasteiger partial charge is 0.416 e. The number of hydrogen-bond acceptors (Lipinski definition) is 3. The molecule has 0 bridgehead atoms. The Morgan fingerprint density at radius 2 is 2.06 bits per heavy atom. The van der Waals surface area contributed by atoms with Crippen molar-refractivity contribution in [1.82, 2.24) is 4.98 Å². The number of nitrogens with two attached hydrogens (primary N) is 1. The molecule has 1 amide bonds. The number of alkyl halides is 3. The third-order valence-electron chi connectivity index (χ3n) is 2.17. The predicted molar refractivity (Wildman–Crippen MR) is 60.8 cm³/mol. The number of nitrogens with one attached hydrogen (secondary N) is 1. The number of hydrogen-bond donors (Lipinski definition) is 2. The monoisotopic (exact) mass is 261 g/mol. The number of halogens is 3. The van der Waals surface area contributed by atoms with Gasteiger partial charge in [0, 0.05) is 18.2 Å². The number of anilines is 1. The molecule has 0 saturated heterocycles. The van der Waals surface area contributed by atoms with E-state index in [9.17, 15) is 18.0 Å². The molecule has 100 valence electrons. The molecule has 1 aromatic heterocycles. The first-order valence-corrected chi connectivity index (χ1v) is 5.20. The molecule has 0 saturated carbocycles. The van der Waals surface area contributed by atoms with E-state index in [1.807, 2.05) is 0 Å². The van der Waals surface area contributed by atoms with Gasteiger partial charge in [-0.1, -0.05) is 0 Å². The molecule has 0 unspecified atom stereocenters. The second-order valence-electron chi connectivity index (χ2n) is 4.58. The quantitative estimate of drug-likeness (QED) is 0.872. The fourth-order valence-electron chi connectivity index (χ4n) is 1.50. The maximum atomic E-state index is 12.5. The zero-order valence-corrected chi connectivity index (χ0v) is 10.0. The summed E-state index contributed by atoms with van der Waals surface area (Å²) in [4.78, 5) is 14.6. The van der Waals surface area contributed by atoms with Crippen LogP contribution in [-0.4, -0.2) is 16.4 Å². The Bertz CT molecular complexity index is 443. The molecule has 0 aliphatic carbocycles. The molecule has 0 aromatic carbocycles. The zero-order chi connectivity index (χ0) is 14.0. The lowest BCUT2D eigenvalue weighted by Gasteiger charge is -2.25. The van der Waals surface area contributed by atoms with Gasteiger partial charge in [0.2, 0.25) is 5.91 Å². The highest BCUT2D eigenvalue weighted by Gasteiger charge is 2.31. The molecule has 7 heteroatoms. The Labute approximate surface area is 102 Å². The maximum absolute atomic E-state index is 12.5. The first-order chi connectivity index (χ1) is 8.10. The lowest BCUT2D eigenvalue weighted by atomic mass is 10.0. The second-order valence-corrected chi connectivity index (χ2v) is 4.58. The van der Waals surface area contributed by atoms with Crippen molar-refractivity contribution < 1.29 is 18.0 Å². The molecule has 4 nitrogen and oxygen atoms in total. The lowest BCUT2D eigenvalue weighted by molar-refractivity contribution is -0.137. The van der Waals surface area contributed by atoms with Gasteiger partial charge in [0.25, 0.3) is 0 Å². The van der Waals surface area contributed by atoms with E-state index >= 15 is 0 Å². The predicted octanol–water partition coefficient (Wildman–Crippen LogP) is 2.17. The van der Waals surface area contributed by atoms with Crippen LogP contribution in [0.25, 0.3) is 0 Å². The summed E-state index contributed by atoms with van der Waals surface area (Å²) < 4.78 is 37.4. The Balaban J connectivity index is 2.89. The van der Waals surface area contributed by atoms with Crippen molar-refractivity contribution in [3.05, 3.63) is 23.9 Å². The Hall–Kier alpha value is -1.79. The number of amides is 1. The van der Waals surface area contributed by atoms with Crippen molar-refractivity contribution >= 4 is 11.7 Å². The number of nitrogens with zero attached hydrogens (tertiary/aromatic N) is 1. The summed E-state index contributed by atoms with van der Waals surface area (Å²) in [5, 5.41) is 2.75. The Morgan fingerprint density at radius 1 is 1.44 bits per heavy atom. The molecule has 0 spiro atoms. The zero-order valence-electron chi connectivity index (χ0n) is 10.0. The Morgan fingerprint density at radius 3 is 2.56 bits per heavy atom. The van der Waals surface area contributed by atoms with Crippen molar-refractivity contribution in [2.45, 2.75) is 32.0 Å². The normalized spacial score (nSPS) is 12.3. The lowest BCUT2D eigenvalue weighted by Crippen LogP contribution is -2.36.